The molecule has 2 aromatic rings. The standard InChI is InChI=1S/C21H17N3O2S/c1-14-10-17(24(2)3)9-8-15(14)11-20-21(16(12-22)13-23)18-6-4-5-7-19(18)27(20,25)26/h4-11H,1-3H3. The Labute approximate surface area is 159 Å². The maximum absolute atomic E-state index is 13.1. The van der Waals surface area contributed by atoms with Gasteiger partial charge in [0.2, 0.25) is 9.84 Å². The summed E-state index contributed by atoms with van der Waals surface area (Å²) in [5.74, 6) is 0. The van der Waals surface area contributed by atoms with Crippen molar-refractivity contribution in [1.82, 2.24) is 0 Å². The summed E-state index contributed by atoms with van der Waals surface area (Å²) in [5.41, 5.74) is 2.97. The van der Waals surface area contributed by atoms with Gasteiger partial charge in [0.15, 0.2) is 0 Å². The van der Waals surface area contributed by atoms with E-state index in [0.29, 0.717) is 5.56 Å². The minimum atomic E-state index is -3.81. The molecule has 0 saturated heterocycles. The van der Waals surface area contributed by atoms with E-state index in [9.17, 15) is 18.9 Å². The van der Waals surface area contributed by atoms with Gasteiger partial charge in [-0.2, -0.15) is 10.5 Å². The largest absolute Gasteiger partial charge is 0.378 e. The molecule has 6 heteroatoms. The maximum Gasteiger partial charge on any atom is 0.207 e. The Hall–Kier alpha value is -3.35. The van der Waals surface area contributed by atoms with Crippen LogP contribution in [0.2, 0.25) is 0 Å². The van der Waals surface area contributed by atoms with Gasteiger partial charge in [0.1, 0.15) is 17.7 Å². The Balaban J connectivity index is 2.32. The number of aryl methyl sites for hydroxylation is 1. The number of fused-ring (bicyclic) bond motifs is 1. The fourth-order valence-corrected chi connectivity index (χ4v) is 4.80. The average molecular weight is 375 g/mol. The fourth-order valence-electron chi connectivity index (χ4n) is 3.08. The van der Waals surface area contributed by atoms with Crippen molar-refractivity contribution in [2.45, 2.75) is 11.8 Å². The second kappa shape index (κ2) is 6.75. The molecule has 0 atom stereocenters. The van der Waals surface area contributed by atoms with E-state index in [0.717, 1.165) is 16.8 Å². The minimum absolute atomic E-state index is 0.0116. The first kappa shape index (κ1) is 18.4. The highest BCUT2D eigenvalue weighted by molar-refractivity contribution is 7.96. The zero-order valence-corrected chi connectivity index (χ0v) is 16.0. The predicted octanol–water partition coefficient (Wildman–Crippen LogP) is 3.69. The van der Waals surface area contributed by atoms with Gasteiger partial charge in [-0.15, -0.1) is 0 Å². The third kappa shape index (κ3) is 3.01. The van der Waals surface area contributed by atoms with Gasteiger partial charge in [0, 0.05) is 30.9 Å². The van der Waals surface area contributed by atoms with E-state index in [1.165, 1.54) is 6.07 Å². The number of sulfone groups is 1. The van der Waals surface area contributed by atoms with Crippen LogP contribution < -0.4 is 4.90 Å². The van der Waals surface area contributed by atoms with Gasteiger partial charge in [-0.25, -0.2) is 8.42 Å². The smallest absolute Gasteiger partial charge is 0.207 e. The number of rotatable bonds is 2. The Bertz CT molecular complexity index is 1170. The van der Waals surface area contributed by atoms with Crippen LogP contribution in [0.1, 0.15) is 16.7 Å². The van der Waals surface area contributed by atoms with Gasteiger partial charge in [-0.3, -0.25) is 0 Å². The second-order valence-corrected chi connectivity index (χ2v) is 8.30. The van der Waals surface area contributed by atoms with Crippen LogP contribution in [-0.2, 0) is 9.84 Å². The van der Waals surface area contributed by atoms with Crippen molar-refractivity contribution in [2.75, 3.05) is 19.0 Å². The molecule has 0 spiro atoms. The lowest BCUT2D eigenvalue weighted by Crippen LogP contribution is -2.08. The molecule has 0 fully saturated rings. The van der Waals surface area contributed by atoms with Crippen LogP contribution in [0.5, 0.6) is 0 Å². The summed E-state index contributed by atoms with van der Waals surface area (Å²) in [7, 11) is 0.0454. The molecular formula is C21H17N3O2S. The van der Waals surface area contributed by atoms with Crippen molar-refractivity contribution in [3.8, 4) is 12.1 Å². The van der Waals surface area contributed by atoms with Crippen LogP contribution in [0.15, 0.2) is 57.8 Å². The van der Waals surface area contributed by atoms with E-state index in [-0.39, 0.29) is 20.9 Å². The van der Waals surface area contributed by atoms with Crippen LogP contribution in [0, 0.1) is 29.6 Å². The van der Waals surface area contributed by atoms with Gasteiger partial charge in [0.05, 0.1) is 9.80 Å². The molecule has 1 aliphatic rings. The number of benzene rings is 2. The van der Waals surface area contributed by atoms with E-state index < -0.39 is 9.84 Å². The molecular weight excluding hydrogens is 358 g/mol. The molecule has 3 rings (SSSR count). The van der Waals surface area contributed by atoms with E-state index in [4.69, 9.17) is 0 Å². The second-order valence-electron chi connectivity index (χ2n) is 6.42. The topological polar surface area (TPSA) is 85.0 Å². The lowest BCUT2D eigenvalue weighted by molar-refractivity contribution is 0.604. The summed E-state index contributed by atoms with van der Waals surface area (Å²) >= 11 is 0. The van der Waals surface area contributed by atoms with E-state index in [1.54, 1.807) is 24.3 Å². The van der Waals surface area contributed by atoms with Crippen molar-refractivity contribution in [2.24, 2.45) is 0 Å². The Morgan fingerprint density at radius 2 is 1.74 bits per heavy atom. The highest BCUT2D eigenvalue weighted by atomic mass is 32.2. The summed E-state index contributed by atoms with van der Waals surface area (Å²) in [6.07, 6.45) is 1.55. The van der Waals surface area contributed by atoms with Crippen LogP contribution in [0.3, 0.4) is 0 Å². The molecule has 5 nitrogen and oxygen atoms in total. The Kier molecular flexibility index (Phi) is 4.61. The van der Waals surface area contributed by atoms with Crippen LogP contribution in [0.4, 0.5) is 5.69 Å². The summed E-state index contributed by atoms with van der Waals surface area (Å²) in [4.78, 5) is 2.07. The summed E-state index contributed by atoms with van der Waals surface area (Å²) < 4.78 is 26.2. The molecule has 1 heterocycles. The van der Waals surface area contributed by atoms with Crippen LogP contribution >= 0.6 is 0 Å². The third-order valence-corrected chi connectivity index (χ3v) is 6.35. The zero-order chi connectivity index (χ0) is 19.8. The van der Waals surface area contributed by atoms with Crippen molar-refractivity contribution in [1.29, 1.82) is 10.5 Å². The highest BCUT2D eigenvalue weighted by Gasteiger charge is 2.37. The van der Waals surface area contributed by atoms with Crippen molar-refractivity contribution in [3.05, 3.63) is 69.6 Å². The quantitative estimate of drug-likeness (QED) is 0.747. The SMILES string of the molecule is Cc1cc(N(C)C)ccc1C=C1C(=C(C#N)C#N)c2ccccc2S1(=O)=O. The molecule has 2 aromatic carbocycles. The normalized spacial score (nSPS) is 15.7. The monoisotopic (exact) mass is 375 g/mol. The molecule has 0 amide bonds. The molecule has 0 unspecified atom stereocenters. The summed E-state index contributed by atoms with van der Waals surface area (Å²) in [6.45, 7) is 1.90. The first-order chi connectivity index (χ1) is 12.8. The third-order valence-electron chi connectivity index (χ3n) is 4.51. The molecule has 0 aliphatic carbocycles. The zero-order valence-electron chi connectivity index (χ0n) is 15.2. The molecule has 0 aromatic heterocycles. The number of hydrogen-bond acceptors (Lipinski definition) is 5. The predicted molar refractivity (Wildman–Crippen MR) is 105 cm³/mol. The number of allylic oxidation sites excluding steroid dienone is 2. The van der Waals surface area contributed by atoms with Gasteiger partial charge in [-0.05, 0) is 42.3 Å². The highest BCUT2D eigenvalue weighted by Crippen LogP contribution is 2.45. The van der Waals surface area contributed by atoms with Gasteiger partial charge < -0.3 is 4.90 Å². The van der Waals surface area contributed by atoms with Crippen molar-refractivity contribution < 1.29 is 8.42 Å². The number of nitrogens with zero attached hydrogens (tertiary/aromatic N) is 3. The number of nitriles is 2. The van der Waals surface area contributed by atoms with Crippen LogP contribution in [-0.4, -0.2) is 22.5 Å². The van der Waals surface area contributed by atoms with E-state index in [2.05, 4.69) is 0 Å². The van der Waals surface area contributed by atoms with Gasteiger partial charge in [0.25, 0.3) is 0 Å². The number of anilines is 1. The molecule has 134 valence electrons. The first-order valence-corrected chi connectivity index (χ1v) is 9.68. The Morgan fingerprint density at radius 1 is 1.07 bits per heavy atom. The fraction of sp³-hybridized carbons (Fsp3) is 0.143. The van der Waals surface area contributed by atoms with Crippen molar-refractivity contribution in [3.63, 3.8) is 0 Å². The minimum Gasteiger partial charge on any atom is -0.378 e. The lowest BCUT2D eigenvalue weighted by atomic mass is 9.98. The maximum atomic E-state index is 13.1. The molecule has 27 heavy (non-hydrogen) atoms. The average Bonchev–Trinajstić information content (AvgIpc) is 2.86. The number of hydrogen-bond donors (Lipinski definition) is 0. The lowest BCUT2D eigenvalue weighted by Gasteiger charge is -2.14. The Morgan fingerprint density at radius 3 is 2.33 bits per heavy atom. The van der Waals surface area contributed by atoms with Crippen molar-refractivity contribution >= 4 is 27.2 Å². The summed E-state index contributed by atoms with van der Waals surface area (Å²) in [5, 5.41) is 18.7. The first-order valence-electron chi connectivity index (χ1n) is 8.20. The molecule has 0 bridgehead atoms. The summed E-state index contributed by atoms with van der Waals surface area (Å²) in [6, 6.07) is 15.8. The van der Waals surface area contributed by atoms with Gasteiger partial charge in [-0.1, -0.05) is 24.3 Å². The molecule has 0 saturated carbocycles. The molecule has 1 aliphatic heterocycles. The molecule has 0 N–H and O–H groups in total. The van der Waals surface area contributed by atoms with E-state index in [1.807, 2.05) is 56.3 Å². The van der Waals surface area contributed by atoms with Crippen LogP contribution in [0.25, 0.3) is 11.6 Å². The van der Waals surface area contributed by atoms with Gasteiger partial charge >= 0.3 is 0 Å². The van der Waals surface area contributed by atoms with E-state index >= 15 is 0 Å². The molecule has 0 radical (unpaired) electrons.